The van der Waals surface area contributed by atoms with Crippen LogP contribution in [0.15, 0.2) is 0 Å². The number of hydrogen-bond donors (Lipinski definition) is 1. The van der Waals surface area contributed by atoms with Gasteiger partial charge in [-0.25, -0.2) is 0 Å². The fourth-order valence-electron chi connectivity index (χ4n) is 0.504. The average Bonchev–Trinajstić information content (AvgIpc) is 1.78. The van der Waals surface area contributed by atoms with Crippen LogP contribution in [0.25, 0.3) is 0 Å². The first kappa shape index (κ1) is 11.7. The van der Waals surface area contributed by atoms with Gasteiger partial charge < -0.3 is 0 Å². The molecule has 0 spiro atoms. The molecule has 1 atom stereocenters. The highest BCUT2D eigenvalue weighted by molar-refractivity contribution is 7.86. The first-order chi connectivity index (χ1) is 5.17. The van der Waals surface area contributed by atoms with Gasteiger partial charge in [-0.2, -0.15) is 8.42 Å². The molecule has 0 heterocycles. The third-order valence-corrected chi connectivity index (χ3v) is 2.02. The molecule has 0 rings (SSSR count). The van der Waals surface area contributed by atoms with E-state index in [1.165, 1.54) is 0 Å². The van der Waals surface area contributed by atoms with Crippen molar-refractivity contribution >= 4 is 10.1 Å². The molecule has 0 aliphatic carbocycles. The maximum absolute atomic E-state index is 11.4. The molecule has 0 fully saturated rings. The summed E-state index contributed by atoms with van der Waals surface area (Å²) >= 11 is 0. The van der Waals surface area contributed by atoms with Gasteiger partial charge in [0.2, 0.25) is 0 Å². The van der Waals surface area contributed by atoms with Gasteiger partial charge in [0.25, 0.3) is 10.1 Å². The van der Waals surface area contributed by atoms with Gasteiger partial charge in [0.05, 0.1) is 0 Å². The standard InChI is InChI=1S/C4H7F3O4S/c1-2-3(12(8,9)10)11-4(5,6)7/h3H,2H2,1H3,(H,8,9,10). The summed E-state index contributed by atoms with van der Waals surface area (Å²) in [7, 11) is -4.79. The summed E-state index contributed by atoms with van der Waals surface area (Å²) in [6, 6.07) is 0. The van der Waals surface area contributed by atoms with Gasteiger partial charge in [-0.1, -0.05) is 6.92 Å². The van der Waals surface area contributed by atoms with Crippen LogP contribution >= 0.6 is 0 Å². The Balaban J connectivity index is 4.41. The molecule has 0 aliphatic heterocycles. The molecule has 12 heavy (non-hydrogen) atoms. The second-order valence-electron chi connectivity index (χ2n) is 1.92. The minimum absolute atomic E-state index is 0.474. The van der Waals surface area contributed by atoms with Gasteiger partial charge in [-0.3, -0.25) is 9.29 Å². The number of ether oxygens (including phenoxy) is 1. The van der Waals surface area contributed by atoms with Crippen molar-refractivity contribution in [1.82, 2.24) is 0 Å². The predicted octanol–water partition coefficient (Wildman–Crippen LogP) is 1.15. The number of rotatable bonds is 3. The lowest BCUT2D eigenvalue weighted by molar-refractivity contribution is -0.332. The smallest absolute Gasteiger partial charge is 0.284 e. The second kappa shape index (κ2) is 3.58. The Morgan fingerprint density at radius 1 is 1.50 bits per heavy atom. The molecule has 0 saturated carbocycles. The first-order valence-electron chi connectivity index (χ1n) is 2.87. The normalized spacial score (nSPS) is 16.1. The summed E-state index contributed by atoms with van der Waals surface area (Å²) in [5.74, 6) is 0. The van der Waals surface area contributed by atoms with E-state index in [4.69, 9.17) is 4.55 Å². The largest absolute Gasteiger partial charge is 0.523 e. The second-order valence-corrected chi connectivity index (χ2v) is 3.47. The van der Waals surface area contributed by atoms with Crippen molar-refractivity contribution in [2.24, 2.45) is 0 Å². The van der Waals surface area contributed by atoms with E-state index >= 15 is 0 Å². The topological polar surface area (TPSA) is 63.6 Å². The van der Waals surface area contributed by atoms with Gasteiger partial charge in [0, 0.05) is 0 Å². The Bertz CT molecular complexity index is 231. The third-order valence-electron chi connectivity index (χ3n) is 0.931. The lowest BCUT2D eigenvalue weighted by atomic mass is 10.5. The lowest BCUT2D eigenvalue weighted by Crippen LogP contribution is -2.30. The minimum Gasteiger partial charge on any atom is -0.284 e. The van der Waals surface area contributed by atoms with E-state index in [1.54, 1.807) is 0 Å². The molecule has 0 aliphatic rings. The van der Waals surface area contributed by atoms with Crippen molar-refractivity contribution in [3.05, 3.63) is 0 Å². The zero-order chi connectivity index (χ0) is 9.99. The van der Waals surface area contributed by atoms with Crippen molar-refractivity contribution < 1.29 is 30.9 Å². The summed E-state index contributed by atoms with van der Waals surface area (Å²) < 4.78 is 65.9. The molecule has 1 N–H and O–H groups in total. The van der Waals surface area contributed by atoms with Crippen molar-refractivity contribution in [2.45, 2.75) is 25.1 Å². The molecule has 0 aromatic rings. The molecule has 0 bridgehead atoms. The first-order valence-corrected chi connectivity index (χ1v) is 4.38. The summed E-state index contributed by atoms with van der Waals surface area (Å²) in [5, 5.41) is 0. The Kier molecular flexibility index (Phi) is 3.48. The minimum atomic E-state index is -5.06. The van der Waals surface area contributed by atoms with Crippen LogP contribution in [0.4, 0.5) is 13.2 Å². The molecule has 74 valence electrons. The fraction of sp³-hybridized carbons (Fsp3) is 1.00. The zero-order valence-corrected chi connectivity index (χ0v) is 6.82. The molecule has 4 nitrogen and oxygen atoms in total. The molecular formula is C4H7F3O4S. The third kappa shape index (κ3) is 4.52. The van der Waals surface area contributed by atoms with E-state index in [9.17, 15) is 21.6 Å². The van der Waals surface area contributed by atoms with Gasteiger partial charge in [-0.05, 0) is 6.42 Å². The van der Waals surface area contributed by atoms with E-state index in [2.05, 4.69) is 4.74 Å². The maximum Gasteiger partial charge on any atom is 0.523 e. The summed E-state index contributed by atoms with van der Waals surface area (Å²) in [5.41, 5.74) is -2.24. The van der Waals surface area contributed by atoms with Crippen LogP contribution < -0.4 is 0 Å². The van der Waals surface area contributed by atoms with Crippen LogP contribution in [0.3, 0.4) is 0 Å². The molecule has 0 aromatic heterocycles. The number of halogens is 3. The Hall–Kier alpha value is -0.340. The average molecular weight is 208 g/mol. The quantitative estimate of drug-likeness (QED) is 0.706. The molecule has 8 heteroatoms. The van der Waals surface area contributed by atoms with E-state index in [0.29, 0.717) is 0 Å². The SMILES string of the molecule is CCC(OC(F)(F)F)S(=O)(=O)O. The molecule has 0 amide bonds. The van der Waals surface area contributed by atoms with Crippen LogP contribution in [-0.4, -0.2) is 24.8 Å². The van der Waals surface area contributed by atoms with Crippen LogP contribution in [0, 0.1) is 0 Å². The number of hydrogen-bond acceptors (Lipinski definition) is 3. The van der Waals surface area contributed by atoms with Crippen molar-refractivity contribution in [3.8, 4) is 0 Å². The van der Waals surface area contributed by atoms with Crippen LogP contribution in [0.5, 0.6) is 0 Å². The van der Waals surface area contributed by atoms with E-state index in [-0.39, 0.29) is 0 Å². The highest BCUT2D eigenvalue weighted by Crippen LogP contribution is 2.22. The molecular weight excluding hydrogens is 201 g/mol. The van der Waals surface area contributed by atoms with Gasteiger partial charge in [-0.15, -0.1) is 13.2 Å². The van der Waals surface area contributed by atoms with Gasteiger partial charge in [0.15, 0.2) is 5.44 Å². The van der Waals surface area contributed by atoms with E-state index < -0.39 is 28.3 Å². The molecule has 0 saturated heterocycles. The predicted molar refractivity (Wildman–Crippen MR) is 32.8 cm³/mol. The van der Waals surface area contributed by atoms with E-state index in [1.807, 2.05) is 0 Å². The van der Waals surface area contributed by atoms with Gasteiger partial charge in [0.1, 0.15) is 0 Å². The molecule has 0 radical (unpaired) electrons. The molecule has 0 aromatic carbocycles. The van der Waals surface area contributed by atoms with Crippen molar-refractivity contribution in [3.63, 3.8) is 0 Å². The monoisotopic (exact) mass is 208 g/mol. The van der Waals surface area contributed by atoms with E-state index in [0.717, 1.165) is 6.92 Å². The highest BCUT2D eigenvalue weighted by Gasteiger charge is 2.37. The lowest BCUT2D eigenvalue weighted by Gasteiger charge is -2.14. The number of alkyl halides is 3. The summed E-state index contributed by atoms with van der Waals surface area (Å²) in [6.07, 6.45) is -5.53. The maximum atomic E-state index is 11.4. The van der Waals surface area contributed by atoms with Crippen molar-refractivity contribution in [2.75, 3.05) is 0 Å². The Morgan fingerprint density at radius 3 is 2.00 bits per heavy atom. The Morgan fingerprint density at radius 2 is 1.92 bits per heavy atom. The fourth-order valence-corrected chi connectivity index (χ4v) is 1.16. The van der Waals surface area contributed by atoms with Crippen LogP contribution in [-0.2, 0) is 14.9 Å². The summed E-state index contributed by atoms with van der Waals surface area (Å²) in [4.78, 5) is 0. The van der Waals surface area contributed by atoms with Crippen LogP contribution in [0.1, 0.15) is 13.3 Å². The summed E-state index contributed by atoms with van der Waals surface area (Å²) in [6.45, 7) is 1.14. The zero-order valence-electron chi connectivity index (χ0n) is 6.00. The molecule has 1 unspecified atom stereocenters. The highest BCUT2D eigenvalue weighted by atomic mass is 32.2. The van der Waals surface area contributed by atoms with Crippen molar-refractivity contribution in [1.29, 1.82) is 0 Å². The Labute approximate surface area is 67.1 Å². The van der Waals surface area contributed by atoms with Crippen LogP contribution in [0.2, 0.25) is 0 Å². The van der Waals surface area contributed by atoms with Gasteiger partial charge >= 0.3 is 6.36 Å².